The molecular formula is C24H21N5O6S. The van der Waals surface area contributed by atoms with Crippen molar-refractivity contribution < 1.29 is 22.9 Å². The molecule has 0 aliphatic carbocycles. The number of benzene rings is 2. The predicted molar refractivity (Wildman–Crippen MR) is 131 cm³/mol. The highest BCUT2D eigenvalue weighted by Gasteiger charge is 2.30. The van der Waals surface area contributed by atoms with E-state index in [-0.39, 0.29) is 34.9 Å². The fraction of sp³-hybridized carbons (Fsp3) is 0.208. The van der Waals surface area contributed by atoms with Crippen molar-refractivity contribution in [2.45, 2.75) is 12.5 Å². The van der Waals surface area contributed by atoms with Gasteiger partial charge in [0.2, 0.25) is 0 Å². The van der Waals surface area contributed by atoms with Crippen LogP contribution in [0.3, 0.4) is 0 Å². The first-order chi connectivity index (χ1) is 17.2. The third kappa shape index (κ3) is 5.26. The lowest BCUT2D eigenvalue weighted by atomic mass is 10.0. The summed E-state index contributed by atoms with van der Waals surface area (Å²) in [6.07, 6.45) is 3.21. The number of amides is 1. The average molecular weight is 508 g/mol. The predicted octanol–water partition coefficient (Wildman–Crippen LogP) is 2.67. The maximum absolute atomic E-state index is 12.8. The van der Waals surface area contributed by atoms with Crippen molar-refractivity contribution in [3.8, 4) is 28.8 Å². The molecular weight excluding hydrogens is 486 g/mol. The number of nitro benzene ring substituents is 1. The number of hydrogen-bond acceptors (Lipinski definition) is 8. The number of nitrogens with one attached hydrogen (secondary N) is 1. The van der Waals surface area contributed by atoms with Gasteiger partial charge in [0.15, 0.2) is 15.6 Å². The number of carbonyl (C=O) groups excluding carboxylic acids is 1. The minimum absolute atomic E-state index is 0.0200. The zero-order chi connectivity index (χ0) is 25.9. The Kier molecular flexibility index (Phi) is 6.84. The molecule has 36 heavy (non-hydrogen) atoms. The number of nitrogens with zero attached hydrogens (tertiary/aromatic N) is 4. The van der Waals surface area contributed by atoms with Gasteiger partial charge in [0.1, 0.15) is 17.3 Å². The molecule has 1 saturated heterocycles. The number of nitro groups is 1. The molecule has 4 rings (SSSR count). The Bertz CT molecular complexity index is 1510. The third-order valence-corrected chi connectivity index (χ3v) is 7.41. The molecule has 11 nitrogen and oxygen atoms in total. The molecule has 1 aromatic heterocycles. The molecule has 1 atom stereocenters. The van der Waals surface area contributed by atoms with E-state index in [9.17, 15) is 28.6 Å². The molecule has 2 aromatic carbocycles. The van der Waals surface area contributed by atoms with Gasteiger partial charge in [-0.3, -0.25) is 14.9 Å². The van der Waals surface area contributed by atoms with E-state index in [0.717, 1.165) is 0 Å². The van der Waals surface area contributed by atoms with Crippen LogP contribution in [0.25, 0.3) is 23.0 Å². The van der Waals surface area contributed by atoms with Crippen LogP contribution in [-0.2, 0) is 14.6 Å². The standard InChI is InChI=1S/C24H21N5O6S/c1-35-22-8-7-16(12-21(22)29(31)32)23-18(14-28(27-23)20-5-3-2-4-6-20)11-17(13-25)24(30)26-19-9-10-36(33,34)15-19/h2-8,11-12,14,19H,9-10,15H2,1H3,(H,26,30). The van der Waals surface area contributed by atoms with Crippen molar-refractivity contribution in [1.29, 1.82) is 5.26 Å². The number of hydrogen-bond donors (Lipinski definition) is 1. The summed E-state index contributed by atoms with van der Waals surface area (Å²) in [5.41, 5.74) is 1.22. The summed E-state index contributed by atoms with van der Waals surface area (Å²) in [6.45, 7) is 0. The Morgan fingerprint density at radius 2 is 2.06 bits per heavy atom. The Hall–Kier alpha value is -4.50. The van der Waals surface area contributed by atoms with Gasteiger partial charge in [0, 0.05) is 29.4 Å². The van der Waals surface area contributed by atoms with Crippen LogP contribution in [0.5, 0.6) is 5.75 Å². The summed E-state index contributed by atoms with van der Waals surface area (Å²) < 4.78 is 30.0. The molecule has 1 aliphatic heterocycles. The van der Waals surface area contributed by atoms with E-state index in [4.69, 9.17) is 4.74 Å². The van der Waals surface area contributed by atoms with Gasteiger partial charge in [0.25, 0.3) is 5.91 Å². The second-order valence-corrected chi connectivity index (χ2v) is 10.3. The molecule has 1 N–H and O–H groups in total. The third-order valence-electron chi connectivity index (χ3n) is 5.64. The molecule has 2 heterocycles. The zero-order valence-corrected chi connectivity index (χ0v) is 19.9. The van der Waals surface area contributed by atoms with Gasteiger partial charge >= 0.3 is 5.69 Å². The van der Waals surface area contributed by atoms with Gasteiger partial charge in [-0.15, -0.1) is 0 Å². The lowest BCUT2D eigenvalue weighted by Gasteiger charge is -2.10. The average Bonchev–Trinajstić information content (AvgIpc) is 3.44. The smallest absolute Gasteiger partial charge is 0.311 e. The first kappa shape index (κ1) is 24.6. The number of nitriles is 1. The second-order valence-electron chi connectivity index (χ2n) is 8.10. The molecule has 1 aliphatic rings. The fourth-order valence-electron chi connectivity index (χ4n) is 3.89. The first-order valence-electron chi connectivity index (χ1n) is 10.8. The number of aromatic nitrogens is 2. The number of para-hydroxylation sites is 1. The SMILES string of the molecule is COc1ccc(-c2nn(-c3ccccc3)cc2C=C(C#N)C(=O)NC2CCS(=O)(=O)C2)cc1[N+](=O)[O-]. The molecule has 0 radical (unpaired) electrons. The first-order valence-corrected chi connectivity index (χ1v) is 12.6. The Balaban J connectivity index is 1.77. The molecule has 3 aromatic rings. The summed E-state index contributed by atoms with van der Waals surface area (Å²) >= 11 is 0. The summed E-state index contributed by atoms with van der Waals surface area (Å²) in [4.78, 5) is 23.7. The molecule has 1 fully saturated rings. The number of carbonyl (C=O) groups is 1. The van der Waals surface area contributed by atoms with Gasteiger partial charge in [-0.25, -0.2) is 13.1 Å². The zero-order valence-electron chi connectivity index (χ0n) is 19.1. The highest BCUT2D eigenvalue weighted by molar-refractivity contribution is 7.91. The van der Waals surface area contributed by atoms with E-state index in [0.29, 0.717) is 22.5 Å². The largest absolute Gasteiger partial charge is 0.490 e. The van der Waals surface area contributed by atoms with Crippen LogP contribution in [0.1, 0.15) is 12.0 Å². The lowest BCUT2D eigenvalue weighted by Crippen LogP contribution is -2.36. The number of methoxy groups -OCH3 is 1. The van der Waals surface area contributed by atoms with Crippen molar-refractivity contribution in [2.75, 3.05) is 18.6 Å². The van der Waals surface area contributed by atoms with Crippen LogP contribution < -0.4 is 10.1 Å². The van der Waals surface area contributed by atoms with E-state index < -0.39 is 26.7 Å². The van der Waals surface area contributed by atoms with Crippen molar-refractivity contribution in [3.05, 3.63) is 76.0 Å². The summed E-state index contributed by atoms with van der Waals surface area (Å²) in [5, 5.41) is 28.4. The van der Waals surface area contributed by atoms with Crippen LogP contribution in [0.15, 0.2) is 60.3 Å². The van der Waals surface area contributed by atoms with Crippen molar-refractivity contribution in [1.82, 2.24) is 15.1 Å². The van der Waals surface area contributed by atoms with E-state index in [1.165, 1.54) is 30.0 Å². The second kappa shape index (κ2) is 10.0. The summed E-state index contributed by atoms with van der Waals surface area (Å²) in [5.74, 6) is -0.830. The van der Waals surface area contributed by atoms with Crippen LogP contribution in [0, 0.1) is 21.4 Å². The normalized spacial score (nSPS) is 16.8. The van der Waals surface area contributed by atoms with Crippen molar-refractivity contribution in [3.63, 3.8) is 0 Å². The monoisotopic (exact) mass is 507 g/mol. The van der Waals surface area contributed by atoms with Crippen LogP contribution in [0.2, 0.25) is 0 Å². The maximum atomic E-state index is 12.8. The van der Waals surface area contributed by atoms with Gasteiger partial charge < -0.3 is 10.1 Å². The molecule has 0 saturated carbocycles. The summed E-state index contributed by atoms with van der Waals surface area (Å²) in [7, 11) is -1.89. The molecule has 12 heteroatoms. The van der Waals surface area contributed by atoms with E-state index in [2.05, 4.69) is 10.4 Å². The fourth-order valence-corrected chi connectivity index (χ4v) is 5.56. The van der Waals surface area contributed by atoms with Crippen molar-refractivity contribution in [2.24, 2.45) is 0 Å². The van der Waals surface area contributed by atoms with Gasteiger partial charge in [-0.1, -0.05) is 18.2 Å². The lowest BCUT2D eigenvalue weighted by molar-refractivity contribution is -0.385. The minimum atomic E-state index is -3.22. The summed E-state index contributed by atoms with van der Waals surface area (Å²) in [6, 6.07) is 14.7. The molecule has 1 unspecified atom stereocenters. The molecule has 0 bridgehead atoms. The van der Waals surface area contributed by atoms with Crippen LogP contribution >= 0.6 is 0 Å². The molecule has 0 spiro atoms. The van der Waals surface area contributed by atoms with E-state index >= 15 is 0 Å². The number of sulfone groups is 1. The highest BCUT2D eigenvalue weighted by atomic mass is 32.2. The number of rotatable bonds is 7. The Morgan fingerprint density at radius 3 is 2.67 bits per heavy atom. The molecule has 1 amide bonds. The van der Waals surface area contributed by atoms with Gasteiger partial charge in [-0.05, 0) is 36.8 Å². The quantitative estimate of drug-likeness (QED) is 0.221. The van der Waals surface area contributed by atoms with Crippen LogP contribution in [0.4, 0.5) is 5.69 Å². The Labute approximate surface area is 206 Å². The topological polar surface area (TPSA) is 157 Å². The van der Waals surface area contributed by atoms with Crippen molar-refractivity contribution >= 4 is 27.5 Å². The molecule has 184 valence electrons. The van der Waals surface area contributed by atoms with Gasteiger partial charge in [0.05, 0.1) is 29.2 Å². The highest BCUT2D eigenvalue weighted by Crippen LogP contribution is 2.34. The Morgan fingerprint density at radius 1 is 1.31 bits per heavy atom. The van der Waals surface area contributed by atoms with E-state index in [1.807, 2.05) is 24.3 Å². The van der Waals surface area contributed by atoms with Crippen LogP contribution in [-0.4, -0.2) is 53.7 Å². The van der Waals surface area contributed by atoms with E-state index in [1.54, 1.807) is 24.4 Å². The maximum Gasteiger partial charge on any atom is 0.311 e. The minimum Gasteiger partial charge on any atom is -0.490 e. The number of ether oxygens (including phenoxy) is 1. The van der Waals surface area contributed by atoms with Gasteiger partial charge in [-0.2, -0.15) is 10.4 Å².